The number of hydrogen-bond acceptors (Lipinski definition) is 2. The molecular weight excluding hydrogens is 556 g/mol. The van der Waals surface area contributed by atoms with Crippen LogP contribution in [0.15, 0.2) is 152 Å². The molecule has 1 N–H and O–H groups in total. The lowest BCUT2D eigenvalue weighted by atomic mass is 9.81. The second kappa shape index (κ2) is 11.5. The van der Waals surface area contributed by atoms with Crippen molar-refractivity contribution in [3.05, 3.63) is 180 Å². The van der Waals surface area contributed by atoms with E-state index in [0.29, 0.717) is 0 Å². The molecule has 0 amide bonds. The predicted octanol–water partition coefficient (Wildman–Crippen LogP) is 10.7. The average molecular weight is 593 g/mol. The largest absolute Gasteiger partial charge is 0.381 e. The molecular formula is C44H36N2. The first kappa shape index (κ1) is 28.0. The van der Waals surface area contributed by atoms with Gasteiger partial charge in [-0.25, -0.2) is 0 Å². The van der Waals surface area contributed by atoms with Crippen LogP contribution in [0.5, 0.6) is 0 Å². The zero-order chi connectivity index (χ0) is 31.1. The van der Waals surface area contributed by atoms with E-state index in [4.69, 9.17) is 4.98 Å². The van der Waals surface area contributed by atoms with Gasteiger partial charge in [0.15, 0.2) is 0 Å². The van der Waals surface area contributed by atoms with Gasteiger partial charge in [0.05, 0.1) is 5.52 Å². The van der Waals surface area contributed by atoms with Gasteiger partial charge in [-0.3, -0.25) is 4.98 Å². The first-order chi connectivity index (χ1) is 22.5. The fraction of sp³-hybridized carbons (Fsp3) is 0.114. The molecule has 7 aromatic rings. The van der Waals surface area contributed by atoms with Gasteiger partial charge in [0, 0.05) is 40.4 Å². The number of nitrogens with one attached hydrogen (secondary N) is 1. The highest BCUT2D eigenvalue weighted by atomic mass is 14.9. The van der Waals surface area contributed by atoms with E-state index in [-0.39, 0.29) is 5.41 Å². The zero-order valence-electron chi connectivity index (χ0n) is 26.3. The number of hydrogen-bond donors (Lipinski definition) is 1. The van der Waals surface area contributed by atoms with Crippen LogP contribution in [-0.2, 0) is 18.4 Å². The standard InChI is InChI=1S/C44H36N2/c1-44(2)39-20-11-19-37(43(39)38-26-33-15-6-7-16-34(33)27-40(38)44)42(45-28-31-12-4-3-5-13-31)23-22-30-14-10-18-32(24-30)36-25-35-17-8-9-21-41(35)46-29-36/h3-21,23-27,29,45H,22,28H2,1-2H3/b42-23-. The van der Waals surface area contributed by atoms with E-state index >= 15 is 0 Å². The molecule has 0 saturated heterocycles. The topological polar surface area (TPSA) is 24.9 Å². The van der Waals surface area contributed by atoms with Crippen molar-refractivity contribution in [1.82, 2.24) is 10.3 Å². The second-order valence-corrected chi connectivity index (χ2v) is 12.9. The van der Waals surface area contributed by atoms with Gasteiger partial charge in [-0.05, 0) is 80.4 Å². The molecule has 6 aromatic carbocycles. The van der Waals surface area contributed by atoms with Gasteiger partial charge in [-0.2, -0.15) is 0 Å². The van der Waals surface area contributed by atoms with Crippen LogP contribution in [0.2, 0.25) is 0 Å². The highest BCUT2D eigenvalue weighted by Gasteiger charge is 2.37. The monoisotopic (exact) mass is 592 g/mol. The summed E-state index contributed by atoms with van der Waals surface area (Å²) in [6.07, 6.45) is 5.17. The van der Waals surface area contributed by atoms with Crippen molar-refractivity contribution in [2.75, 3.05) is 0 Å². The zero-order valence-corrected chi connectivity index (χ0v) is 26.3. The number of para-hydroxylation sites is 1. The SMILES string of the molecule is CC1(C)c2cc3ccccc3cc2-c2c(/C(=C/Cc3cccc(-c4cnc5ccccc5c4)c3)NCc3ccccc3)cccc21. The Hall–Kier alpha value is -5.47. The lowest BCUT2D eigenvalue weighted by Crippen LogP contribution is -2.16. The van der Waals surface area contributed by atoms with Crippen molar-refractivity contribution < 1.29 is 0 Å². The molecule has 1 aliphatic carbocycles. The summed E-state index contributed by atoms with van der Waals surface area (Å²) < 4.78 is 0. The number of allylic oxidation sites excluding steroid dienone is 1. The van der Waals surface area contributed by atoms with E-state index in [0.717, 1.165) is 35.1 Å². The van der Waals surface area contributed by atoms with Crippen LogP contribution in [0, 0.1) is 0 Å². The quantitative estimate of drug-likeness (QED) is 0.199. The molecule has 0 fully saturated rings. The third-order valence-corrected chi connectivity index (χ3v) is 9.57. The van der Waals surface area contributed by atoms with Gasteiger partial charge in [0.2, 0.25) is 0 Å². The fourth-order valence-corrected chi connectivity index (χ4v) is 7.09. The van der Waals surface area contributed by atoms with Crippen molar-refractivity contribution in [2.24, 2.45) is 0 Å². The molecule has 222 valence electrons. The Morgan fingerprint density at radius 1 is 0.630 bits per heavy atom. The van der Waals surface area contributed by atoms with Crippen molar-refractivity contribution in [3.8, 4) is 22.3 Å². The van der Waals surface area contributed by atoms with Crippen LogP contribution < -0.4 is 5.32 Å². The van der Waals surface area contributed by atoms with Crippen molar-refractivity contribution in [1.29, 1.82) is 0 Å². The minimum Gasteiger partial charge on any atom is -0.381 e. The second-order valence-electron chi connectivity index (χ2n) is 12.9. The lowest BCUT2D eigenvalue weighted by Gasteiger charge is -2.22. The maximum Gasteiger partial charge on any atom is 0.0702 e. The van der Waals surface area contributed by atoms with E-state index < -0.39 is 0 Å². The number of benzene rings is 6. The number of aromatic nitrogens is 1. The minimum absolute atomic E-state index is 0.0858. The first-order valence-corrected chi connectivity index (χ1v) is 16.1. The molecule has 0 saturated carbocycles. The Morgan fingerprint density at radius 2 is 1.35 bits per heavy atom. The molecule has 8 rings (SSSR count). The van der Waals surface area contributed by atoms with E-state index in [9.17, 15) is 0 Å². The molecule has 1 heterocycles. The highest BCUT2D eigenvalue weighted by molar-refractivity contribution is 5.97. The van der Waals surface area contributed by atoms with Crippen molar-refractivity contribution >= 4 is 27.4 Å². The normalized spacial score (nSPS) is 13.5. The molecule has 1 aliphatic rings. The van der Waals surface area contributed by atoms with E-state index in [1.165, 1.54) is 55.3 Å². The number of fused-ring (bicyclic) bond motifs is 5. The lowest BCUT2D eigenvalue weighted by molar-refractivity contribution is 0.661. The fourth-order valence-electron chi connectivity index (χ4n) is 7.09. The summed E-state index contributed by atoms with van der Waals surface area (Å²) in [5.74, 6) is 0. The van der Waals surface area contributed by atoms with Gasteiger partial charge in [0.25, 0.3) is 0 Å². The first-order valence-electron chi connectivity index (χ1n) is 16.1. The molecule has 0 atom stereocenters. The summed E-state index contributed by atoms with van der Waals surface area (Å²) in [7, 11) is 0. The van der Waals surface area contributed by atoms with Gasteiger partial charge in [-0.15, -0.1) is 0 Å². The summed E-state index contributed by atoms with van der Waals surface area (Å²) in [4.78, 5) is 4.71. The number of rotatable bonds is 7. The summed E-state index contributed by atoms with van der Waals surface area (Å²) in [6.45, 7) is 5.49. The molecule has 2 nitrogen and oxygen atoms in total. The maximum absolute atomic E-state index is 4.71. The molecule has 0 aliphatic heterocycles. The van der Waals surface area contributed by atoms with Crippen LogP contribution in [0.1, 0.15) is 41.7 Å². The van der Waals surface area contributed by atoms with Crippen LogP contribution in [0.3, 0.4) is 0 Å². The molecule has 0 spiro atoms. The average Bonchev–Trinajstić information content (AvgIpc) is 3.33. The van der Waals surface area contributed by atoms with Crippen LogP contribution in [0.4, 0.5) is 0 Å². The molecule has 1 aromatic heterocycles. The van der Waals surface area contributed by atoms with Gasteiger partial charge >= 0.3 is 0 Å². The molecule has 0 radical (unpaired) electrons. The van der Waals surface area contributed by atoms with Crippen LogP contribution in [-0.4, -0.2) is 4.98 Å². The van der Waals surface area contributed by atoms with Gasteiger partial charge in [0.1, 0.15) is 0 Å². The Morgan fingerprint density at radius 3 is 2.20 bits per heavy atom. The third kappa shape index (κ3) is 5.06. The summed E-state index contributed by atoms with van der Waals surface area (Å²) in [6, 6.07) is 50.4. The Balaban J connectivity index is 1.21. The third-order valence-electron chi connectivity index (χ3n) is 9.57. The Bertz CT molecular complexity index is 2260. The number of nitrogens with zero attached hydrogens (tertiary/aromatic N) is 1. The predicted molar refractivity (Wildman–Crippen MR) is 194 cm³/mol. The summed E-state index contributed by atoms with van der Waals surface area (Å²) in [5.41, 5.74) is 13.7. The molecule has 46 heavy (non-hydrogen) atoms. The van der Waals surface area contributed by atoms with Crippen LogP contribution >= 0.6 is 0 Å². The minimum atomic E-state index is -0.0858. The van der Waals surface area contributed by atoms with E-state index in [1.807, 2.05) is 12.3 Å². The molecule has 0 bridgehead atoms. The Kier molecular flexibility index (Phi) is 6.99. The Labute approximate surface area is 271 Å². The smallest absolute Gasteiger partial charge is 0.0702 e. The van der Waals surface area contributed by atoms with Gasteiger partial charge in [-0.1, -0.05) is 135 Å². The number of pyridine rings is 1. The summed E-state index contributed by atoms with van der Waals surface area (Å²) in [5, 5.41) is 7.60. The van der Waals surface area contributed by atoms with E-state index in [1.54, 1.807) is 0 Å². The van der Waals surface area contributed by atoms with Gasteiger partial charge < -0.3 is 5.32 Å². The summed E-state index contributed by atoms with van der Waals surface area (Å²) >= 11 is 0. The van der Waals surface area contributed by atoms with E-state index in [2.05, 4.69) is 159 Å². The van der Waals surface area contributed by atoms with Crippen molar-refractivity contribution in [2.45, 2.75) is 32.2 Å². The molecule has 2 heteroatoms. The highest BCUT2D eigenvalue weighted by Crippen LogP contribution is 2.52. The van der Waals surface area contributed by atoms with Crippen molar-refractivity contribution in [3.63, 3.8) is 0 Å². The molecule has 0 unspecified atom stereocenters. The van der Waals surface area contributed by atoms with Crippen LogP contribution in [0.25, 0.3) is 49.6 Å². The maximum atomic E-state index is 4.71.